The molecule has 0 fully saturated rings. The Labute approximate surface area is 269 Å². The summed E-state index contributed by atoms with van der Waals surface area (Å²) in [5.41, 5.74) is 4.42. The van der Waals surface area contributed by atoms with Crippen molar-refractivity contribution in [3.63, 3.8) is 0 Å². The van der Waals surface area contributed by atoms with E-state index in [1.807, 2.05) is 0 Å². The molecule has 0 aliphatic carbocycles. The first-order valence-corrected chi connectivity index (χ1v) is 15.0. The van der Waals surface area contributed by atoms with Crippen molar-refractivity contribution in [3.05, 3.63) is 65.7 Å². The van der Waals surface area contributed by atoms with Crippen LogP contribution in [-0.2, 0) is 35.1 Å². The van der Waals surface area contributed by atoms with Gasteiger partial charge in [-0.2, -0.15) is 0 Å². The third-order valence-electron chi connectivity index (χ3n) is 6.33. The molecule has 0 saturated heterocycles. The van der Waals surface area contributed by atoms with Crippen LogP contribution in [0.1, 0.15) is 71.6 Å². The highest BCUT2D eigenvalue weighted by Gasteiger charge is 2.38. The lowest BCUT2D eigenvalue weighted by atomic mass is 10.00. The number of rotatable bonds is 14. The lowest BCUT2D eigenvalue weighted by Crippen LogP contribution is -2.55. The van der Waals surface area contributed by atoms with E-state index in [4.69, 9.17) is 15.2 Å². The minimum absolute atomic E-state index is 0.0592. The van der Waals surface area contributed by atoms with Gasteiger partial charge in [-0.3, -0.25) is 14.4 Å². The molecule has 13 heteroatoms. The van der Waals surface area contributed by atoms with Crippen molar-refractivity contribution < 1.29 is 43.7 Å². The SMILES string of the molecule is CC(C)(C)OC(=O)NC(CCC(N)=O)C(=O)N(CCO)C(C(=O)NC(Cc1ccccc1)C(=O)OC(C)(C)C)c1cccc(O)c1. The second-order valence-corrected chi connectivity index (χ2v) is 12.7. The number of ether oxygens (including phenoxy) is 2. The standard InChI is InChI=1S/C33H46N4O9/c1-32(2,3)45-30(43)25(19-21-11-8-7-9-12-21)35-28(41)27(22-13-10-14-23(39)20-22)37(17-18-38)29(42)24(15-16-26(34)40)36-31(44)46-33(4,5)6/h7-14,20,24-25,27,38-39H,15-19H2,1-6H3,(H2,34,40)(H,35,41)(H,36,44). The number of aliphatic hydroxyl groups is 1. The number of benzene rings is 2. The molecule has 0 heterocycles. The molecule has 2 aromatic rings. The number of phenolic OH excluding ortho intramolecular Hbond substituents is 1. The van der Waals surface area contributed by atoms with Crippen LogP contribution in [0.2, 0.25) is 0 Å². The smallest absolute Gasteiger partial charge is 0.408 e. The molecule has 0 saturated carbocycles. The van der Waals surface area contributed by atoms with Crippen molar-refractivity contribution >= 4 is 29.8 Å². The highest BCUT2D eigenvalue weighted by Crippen LogP contribution is 2.26. The Hall–Kier alpha value is -4.65. The molecule has 4 amide bonds. The van der Waals surface area contributed by atoms with Gasteiger partial charge >= 0.3 is 12.1 Å². The molecule has 0 aliphatic heterocycles. The molecular formula is C33H46N4O9. The van der Waals surface area contributed by atoms with E-state index in [-0.39, 0.29) is 30.6 Å². The number of aliphatic hydroxyl groups excluding tert-OH is 1. The van der Waals surface area contributed by atoms with Gasteiger partial charge < -0.3 is 41.0 Å². The van der Waals surface area contributed by atoms with Crippen molar-refractivity contribution in [2.75, 3.05) is 13.2 Å². The molecule has 252 valence electrons. The molecule has 3 atom stereocenters. The Kier molecular flexibility index (Phi) is 13.5. The predicted molar refractivity (Wildman–Crippen MR) is 169 cm³/mol. The van der Waals surface area contributed by atoms with E-state index in [1.54, 1.807) is 71.9 Å². The Morgan fingerprint density at radius 2 is 1.50 bits per heavy atom. The number of hydrogen-bond acceptors (Lipinski definition) is 9. The number of primary amides is 1. The Morgan fingerprint density at radius 1 is 0.870 bits per heavy atom. The summed E-state index contributed by atoms with van der Waals surface area (Å²) in [5, 5.41) is 25.4. The third-order valence-corrected chi connectivity index (χ3v) is 6.33. The first-order valence-electron chi connectivity index (χ1n) is 15.0. The fourth-order valence-electron chi connectivity index (χ4n) is 4.50. The zero-order chi connectivity index (χ0) is 34.7. The molecule has 46 heavy (non-hydrogen) atoms. The van der Waals surface area contributed by atoms with Crippen molar-refractivity contribution in [1.29, 1.82) is 0 Å². The van der Waals surface area contributed by atoms with Gasteiger partial charge in [0.15, 0.2) is 0 Å². The molecule has 2 aromatic carbocycles. The number of alkyl carbamates (subject to hydrolysis) is 1. The quantitative estimate of drug-likeness (QED) is 0.192. The maximum atomic E-state index is 14.2. The summed E-state index contributed by atoms with van der Waals surface area (Å²) in [4.78, 5) is 67.0. The van der Waals surface area contributed by atoms with Crippen LogP contribution in [0.15, 0.2) is 54.6 Å². The molecule has 13 nitrogen and oxygen atoms in total. The topological polar surface area (TPSA) is 198 Å². The highest BCUT2D eigenvalue weighted by molar-refractivity contribution is 5.94. The summed E-state index contributed by atoms with van der Waals surface area (Å²) in [6.45, 7) is 8.96. The maximum Gasteiger partial charge on any atom is 0.408 e. The van der Waals surface area contributed by atoms with Gasteiger partial charge in [-0.1, -0.05) is 42.5 Å². The average Bonchev–Trinajstić information content (AvgIpc) is 2.93. The number of carbonyl (C=O) groups excluding carboxylic acids is 5. The Morgan fingerprint density at radius 3 is 2.04 bits per heavy atom. The molecule has 0 aromatic heterocycles. The van der Waals surface area contributed by atoms with Crippen LogP contribution in [0.5, 0.6) is 5.75 Å². The summed E-state index contributed by atoms with van der Waals surface area (Å²) >= 11 is 0. The fourth-order valence-corrected chi connectivity index (χ4v) is 4.50. The number of aromatic hydroxyl groups is 1. The first-order chi connectivity index (χ1) is 21.4. The lowest BCUT2D eigenvalue weighted by molar-refractivity contribution is -0.159. The van der Waals surface area contributed by atoms with Gasteiger partial charge in [-0.15, -0.1) is 0 Å². The number of hydrogen-bond donors (Lipinski definition) is 5. The number of phenols is 1. The Bertz CT molecular complexity index is 1350. The van der Waals surface area contributed by atoms with E-state index < -0.39 is 72.3 Å². The number of nitrogens with two attached hydrogens (primary N) is 1. The van der Waals surface area contributed by atoms with E-state index in [1.165, 1.54) is 24.3 Å². The van der Waals surface area contributed by atoms with Crippen LogP contribution < -0.4 is 16.4 Å². The zero-order valence-electron chi connectivity index (χ0n) is 27.2. The number of nitrogens with one attached hydrogen (secondary N) is 2. The van der Waals surface area contributed by atoms with Gasteiger partial charge in [0.2, 0.25) is 17.7 Å². The molecule has 2 rings (SSSR count). The first kappa shape index (κ1) is 37.5. The van der Waals surface area contributed by atoms with Crippen LogP contribution >= 0.6 is 0 Å². The summed E-state index contributed by atoms with van der Waals surface area (Å²) in [6, 6.07) is 10.4. The number of esters is 1. The highest BCUT2D eigenvalue weighted by atomic mass is 16.6. The van der Waals surface area contributed by atoms with Gasteiger partial charge in [-0.25, -0.2) is 9.59 Å². The molecule has 0 spiro atoms. The normalized spacial score (nSPS) is 13.5. The molecule has 6 N–H and O–H groups in total. The summed E-state index contributed by atoms with van der Waals surface area (Å²) < 4.78 is 10.9. The second-order valence-electron chi connectivity index (χ2n) is 12.7. The van der Waals surface area contributed by atoms with Crippen molar-refractivity contribution in [2.24, 2.45) is 5.73 Å². The molecule has 3 unspecified atom stereocenters. The maximum absolute atomic E-state index is 14.2. The monoisotopic (exact) mass is 642 g/mol. The van der Waals surface area contributed by atoms with E-state index in [0.717, 1.165) is 10.5 Å². The van der Waals surface area contributed by atoms with Gasteiger partial charge in [0, 0.05) is 19.4 Å². The Balaban J connectivity index is 2.58. The van der Waals surface area contributed by atoms with Crippen LogP contribution in [0.3, 0.4) is 0 Å². The molecule has 0 bridgehead atoms. The van der Waals surface area contributed by atoms with Crippen LogP contribution in [0, 0.1) is 0 Å². The van der Waals surface area contributed by atoms with Crippen molar-refractivity contribution in [3.8, 4) is 5.75 Å². The largest absolute Gasteiger partial charge is 0.508 e. The van der Waals surface area contributed by atoms with Crippen molar-refractivity contribution in [1.82, 2.24) is 15.5 Å². The van der Waals surface area contributed by atoms with Gasteiger partial charge in [0.05, 0.1) is 6.61 Å². The number of nitrogens with zero attached hydrogens (tertiary/aromatic N) is 1. The lowest BCUT2D eigenvalue weighted by Gasteiger charge is -2.35. The zero-order valence-corrected chi connectivity index (χ0v) is 27.2. The summed E-state index contributed by atoms with van der Waals surface area (Å²) in [7, 11) is 0. The molecule has 0 radical (unpaired) electrons. The van der Waals surface area contributed by atoms with Crippen LogP contribution in [0.25, 0.3) is 0 Å². The molecule has 0 aliphatic rings. The van der Waals surface area contributed by atoms with Crippen molar-refractivity contribution in [2.45, 2.75) is 90.1 Å². The average molecular weight is 643 g/mol. The summed E-state index contributed by atoms with van der Waals surface area (Å²) in [5.74, 6) is -3.34. The van der Waals surface area contributed by atoms with E-state index in [9.17, 15) is 34.2 Å². The van der Waals surface area contributed by atoms with E-state index in [0.29, 0.717) is 0 Å². The number of carbonyl (C=O) groups is 5. The number of amides is 4. The third kappa shape index (κ3) is 12.8. The predicted octanol–water partition coefficient (Wildman–Crippen LogP) is 2.48. The summed E-state index contributed by atoms with van der Waals surface area (Å²) in [6.07, 6.45) is -1.42. The fraction of sp³-hybridized carbons (Fsp3) is 0.485. The van der Waals surface area contributed by atoms with Crippen LogP contribution in [0.4, 0.5) is 4.79 Å². The van der Waals surface area contributed by atoms with E-state index in [2.05, 4.69) is 10.6 Å². The van der Waals surface area contributed by atoms with E-state index >= 15 is 0 Å². The minimum Gasteiger partial charge on any atom is -0.508 e. The van der Waals surface area contributed by atoms with Gasteiger partial charge in [0.1, 0.15) is 35.1 Å². The molecular weight excluding hydrogens is 596 g/mol. The van der Waals surface area contributed by atoms with Gasteiger partial charge in [-0.05, 0) is 71.2 Å². The second kappa shape index (κ2) is 16.6. The minimum atomic E-state index is -1.51. The van der Waals surface area contributed by atoms with Crippen LogP contribution in [-0.4, -0.2) is 81.3 Å². The van der Waals surface area contributed by atoms with Gasteiger partial charge in [0.25, 0.3) is 0 Å².